The minimum absolute atomic E-state index is 0.0130. The normalized spacial score (nSPS) is 15.4. The summed E-state index contributed by atoms with van der Waals surface area (Å²) in [6.07, 6.45) is 3.04. The number of pyridine rings is 1. The summed E-state index contributed by atoms with van der Waals surface area (Å²) in [4.78, 5) is 51.8. The number of halogens is 1. The van der Waals surface area contributed by atoms with Gasteiger partial charge in [0.1, 0.15) is 5.56 Å². The van der Waals surface area contributed by atoms with Crippen LogP contribution >= 0.6 is 23.4 Å². The van der Waals surface area contributed by atoms with Crippen molar-refractivity contribution >= 4 is 46.5 Å². The number of carbonyl (C=O) groups is 3. The molecule has 9 heteroatoms. The van der Waals surface area contributed by atoms with Crippen LogP contribution in [0.4, 0.5) is 4.79 Å². The molecule has 3 rings (SSSR count). The third-order valence-corrected chi connectivity index (χ3v) is 4.88. The monoisotopic (exact) mass is 403 g/mol. The van der Waals surface area contributed by atoms with E-state index in [-0.39, 0.29) is 18.7 Å². The van der Waals surface area contributed by atoms with Gasteiger partial charge in [-0.15, -0.1) is 0 Å². The van der Waals surface area contributed by atoms with Crippen molar-refractivity contribution in [3.05, 3.63) is 74.0 Å². The van der Waals surface area contributed by atoms with Gasteiger partial charge in [-0.3, -0.25) is 24.1 Å². The first-order valence-corrected chi connectivity index (χ1v) is 9.12. The smallest absolute Gasteiger partial charge is 0.293 e. The lowest BCUT2D eigenvalue weighted by Crippen LogP contribution is -2.38. The Hall–Kier alpha value is -2.84. The standard InChI is InChI=1S/C18H14ClN3O4S/c19-12-5-3-11(4-6-12)10-14-17(25)22(18(26)27-14)9-8-21-16(24)13-2-1-7-20-15(13)23/h1-7,10H,8-9H2,(H,20,23)(H,21,24). The van der Waals surface area contributed by atoms with Crippen LogP contribution in [0.1, 0.15) is 15.9 Å². The zero-order chi connectivity index (χ0) is 19.4. The van der Waals surface area contributed by atoms with Gasteiger partial charge in [-0.2, -0.15) is 0 Å². The van der Waals surface area contributed by atoms with E-state index in [4.69, 9.17) is 11.6 Å². The Kier molecular flexibility index (Phi) is 5.78. The Morgan fingerprint density at radius 2 is 1.93 bits per heavy atom. The van der Waals surface area contributed by atoms with Gasteiger partial charge in [0.15, 0.2) is 0 Å². The highest BCUT2D eigenvalue weighted by Crippen LogP contribution is 2.32. The molecule has 0 spiro atoms. The number of H-pyrrole nitrogens is 1. The van der Waals surface area contributed by atoms with Crippen LogP contribution in [0, 0.1) is 0 Å². The summed E-state index contributed by atoms with van der Waals surface area (Å²) in [5, 5.41) is 2.70. The fourth-order valence-corrected chi connectivity index (χ4v) is 3.37. The number of amides is 3. The minimum atomic E-state index is -0.569. The van der Waals surface area contributed by atoms with Crippen LogP contribution in [0.25, 0.3) is 6.08 Å². The van der Waals surface area contributed by atoms with E-state index in [1.165, 1.54) is 18.3 Å². The Morgan fingerprint density at radius 3 is 2.63 bits per heavy atom. The maximum atomic E-state index is 12.4. The molecule has 2 heterocycles. The van der Waals surface area contributed by atoms with Gasteiger partial charge in [0.2, 0.25) is 0 Å². The van der Waals surface area contributed by atoms with Crippen molar-refractivity contribution in [2.75, 3.05) is 13.1 Å². The molecule has 1 aromatic heterocycles. The molecule has 1 aliphatic heterocycles. The van der Waals surface area contributed by atoms with Crippen molar-refractivity contribution in [3.8, 4) is 0 Å². The van der Waals surface area contributed by atoms with Crippen molar-refractivity contribution in [1.29, 1.82) is 0 Å². The van der Waals surface area contributed by atoms with Gasteiger partial charge in [-0.05, 0) is 47.7 Å². The summed E-state index contributed by atoms with van der Waals surface area (Å²) in [6.45, 7) is 0.0541. The molecule has 7 nitrogen and oxygen atoms in total. The molecule has 1 aromatic carbocycles. The highest BCUT2D eigenvalue weighted by molar-refractivity contribution is 8.18. The van der Waals surface area contributed by atoms with Gasteiger partial charge in [0.05, 0.1) is 4.91 Å². The number of carbonyl (C=O) groups excluding carboxylic acids is 3. The van der Waals surface area contributed by atoms with Gasteiger partial charge >= 0.3 is 0 Å². The maximum absolute atomic E-state index is 12.4. The molecule has 1 aliphatic rings. The number of aromatic nitrogens is 1. The Balaban J connectivity index is 1.61. The zero-order valence-electron chi connectivity index (χ0n) is 13.9. The lowest BCUT2D eigenvalue weighted by atomic mass is 10.2. The van der Waals surface area contributed by atoms with E-state index in [1.54, 1.807) is 30.3 Å². The number of imide groups is 1. The first-order valence-electron chi connectivity index (χ1n) is 7.92. The average Bonchev–Trinajstić information content (AvgIpc) is 2.91. The van der Waals surface area contributed by atoms with E-state index >= 15 is 0 Å². The predicted octanol–water partition coefficient (Wildman–Crippen LogP) is 2.49. The molecular formula is C18H14ClN3O4S. The fourth-order valence-electron chi connectivity index (χ4n) is 2.38. The minimum Gasteiger partial charge on any atom is -0.350 e. The van der Waals surface area contributed by atoms with Crippen molar-refractivity contribution in [1.82, 2.24) is 15.2 Å². The van der Waals surface area contributed by atoms with Crippen LogP contribution in [-0.2, 0) is 4.79 Å². The van der Waals surface area contributed by atoms with E-state index in [1.807, 2.05) is 0 Å². The van der Waals surface area contributed by atoms with Gasteiger partial charge < -0.3 is 10.3 Å². The molecular weight excluding hydrogens is 390 g/mol. The quantitative estimate of drug-likeness (QED) is 0.747. The van der Waals surface area contributed by atoms with Crippen molar-refractivity contribution in [2.45, 2.75) is 0 Å². The van der Waals surface area contributed by atoms with Crippen LogP contribution < -0.4 is 10.9 Å². The molecule has 2 N–H and O–H groups in total. The van der Waals surface area contributed by atoms with Crippen molar-refractivity contribution < 1.29 is 14.4 Å². The molecule has 1 fully saturated rings. The number of benzene rings is 1. The number of aromatic amines is 1. The highest BCUT2D eigenvalue weighted by Gasteiger charge is 2.34. The second-order valence-electron chi connectivity index (χ2n) is 5.55. The maximum Gasteiger partial charge on any atom is 0.293 e. The highest BCUT2D eigenvalue weighted by atomic mass is 35.5. The molecule has 0 radical (unpaired) electrons. The summed E-state index contributed by atoms with van der Waals surface area (Å²) < 4.78 is 0. The van der Waals surface area contributed by atoms with E-state index in [9.17, 15) is 19.2 Å². The van der Waals surface area contributed by atoms with Crippen LogP contribution in [0.15, 0.2) is 52.3 Å². The number of hydrogen-bond acceptors (Lipinski definition) is 5. The molecule has 1 saturated heterocycles. The molecule has 3 amide bonds. The molecule has 0 unspecified atom stereocenters. The lowest BCUT2D eigenvalue weighted by Gasteiger charge is -2.12. The summed E-state index contributed by atoms with van der Waals surface area (Å²) in [5.41, 5.74) is 0.211. The molecule has 0 atom stereocenters. The van der Waals surface area contributed by atoms with E-state index in [0.717, 1.165) is 22.2 Å². The van der Waals surface area contributed by atoms with Crippen molar-refractivity contribution in [2.24, 2.45) is 0 Å². The first kappa shape index (κ1) is 18.9. The molecule has 2 aromatic rings. The van der Waals surface area contributed by atoms with Crippen molar-refractivity contribution in [3.63, 3.8) is 0 Å². The number of nitrogens with zero attached hydrogens (tertiary/aromatic N) is 1. The van der Waals surface area contributed by atoms with Gasteiger partial charge in [-0.1, -0.05) is 23.7 Å². The second kappa shape index (κ2) is 8.24. The lowest BCUT2D eigenvalue weighted by molar-refractivity contribution is -0.122. The van der Waals surface area contributed by atoms with Gasteiger partial charge in [0, 0.05) is 24.3 Å². The number of rotatable bonds is 5. The Morgan fingerprint density at radius 1 is 1.19 bits per heavy atom. The summed E-state index contributed by atoms with van der Waals surface area (Å²) in [6, 6.07) is 9.80. The summed E-state index contributed by atoms with van der Waals surface area (Å²) >= 11 is 6.67. The number of thioether (sulfide) groups is 1. The SMILES string of the molecule is O=C(NCCN1C(=O)SC(=Cc2ccc(Cl)cc2)C1=O)c1ccc[nH]c1=O. The molecule has 138 valence electrons. The van der Waals surface area contributed by atoms with Crippen LogP contribution in [0.2, 0.25) is 5.02 Å². The fraction of sp³-hybridized carbons (Fsp3) is 0.111. The largest absolute Gasteiger partial charge is 0.350 e. The molecule has 0 bridgehead atoms. The summed E-state index contributed by atoms with van der Waals surface area (Å²) in [5.74, 6) is -0.993. The predicted molar refractivity (Wildman–Crippen MR) is 104 cm³/mol. The number of nitrogens with one attached hydrogen (secondary N) is 2. The summed E-state index contributed by atoms with van der Waals surface area (Å²) in [7, 11) is 0. The third-order valence-electron chi connectivity index (χ3n) is 3.73. The Bertz CT molecular complexity index is 985. The first-order chi connectivity index (χ1) is 13.0. The zero-order valence-corrected chi connectivity index (χ0v) is 15.5. The van der Waals surface area contributed by atoms with E-state index in [0.29, 0.717) is 9.93 Å². The van der Waals surface area contributed by atoms with Crippen LogP contribution in [-0.4, -0.2) is 40.0 Å². The van der Waals surface area contributed by atoms with Gasteiger partial charge in [-0.25, -0.2) is 0 Å². The Labute approximate surface area is 163 Å². The molecule has 27 heavy (non-hydrogen) atoms. The van der Waals surface area contributed by atoms with Crippen LogP contribution in [0.5, 0.6) is 0 Å². The third kappa shape index (κ3) is 4.47. The average molecular weight is 404 g/mol. The van der Waals surface area contributed by atoms with Crippen LogP contribution in [0.3, 0.4) is 0 Å². The van der Waals surface area contributed by atoms with E-state index < -0.39 is 22.6 Å². The second-order valence-corrected chi connectivity index (χ2v) is 6.98. The molecule has 0 saturated carbocycles. The van der Waals surface area contributed by atoms with E-state index in [2.05, 4.69) is 10.3 Å². The number of hydrogen-bond donors (Lipinski definition) is 2. The molecule has 0 aliphatic carbocycles. The topological polar surface area (TPSA) is 99.3 Å². The van der Waals surface area contributed by atoms with Gasteiger partial charge in [0.25, 0.3) is 22.6 Å².